The van der Waals surface area contributed by atoms with Gasteiger partial charge in [-0.05, 0) is 36.8 Å². The number of carbonyl (C=O) groups excluding carboxylic acids is 1. The molecule has 1 aromatic heterocycles. The second-order valence-electron chi connectivity index (χ2n) is 5.01. The Kier molecular flexibility index (Phi) is 4.73. The molecule has 3 rings (SSSR count). The normalized spacial score (nSPS) is 10.5. The first-order valence-electron chi connectivity index (χ1n) is 7.18. The van der Waals surface area contributed by atoms with E-state index >= 15 is 0 Å². The molecule has 6 heteroatoms. The van der Waals surface area contributed by atoms with E-state index in [1.807, 2.05) is 61.5 Å². The second kappa shape index (κ2) is 7.11. The molecule has 0 spiro atoms. The molecule has 1 heterocycles. The van der Waals surface area contributed by atoms with Gasteiger partial charge in [0.2, 0.25) is 5.16 Å². The van der Waals surface area contributed by atoms with Crippen molar-refractivity contribution < 1.29 is 4.79 Å². The maximum absolute atomic E-state index is 12.3. The number of thioether (sulfide) groups is 1. The molecule has 116 valence electrons. The van der Waals surface area contributed by atoms with Gasteiger partial charge in [0.15, 0.2) is 0 Å². The summed E-state index contributed by atoms with van der Waals surface area (Å²) in [6.07, 6.45) is 0. The van der Waals surface area contributed by atoms with Gasteiger partial charge in [-0.1, -0.05) is 42.1 Å². The smallest absolute Gasteiger partial charge is 0.255 e. The average Bonchev–Trinajstić information content (AvgIpc) is 3.00. The van der Waals surface area contributed by atoms with E-state index in [4.69, 9.17) is 0 Å². The van der Waals surface area contributed by atoms with Crippen molar-refractivity contribution >= 4 is 23.4 Å². The summed E-state index contributed by atoms with van der Waals surface area (Å²) in [6.45, 7) is 1.87. The lowest BCUT2D eigenvalue weighted by Gasteiger charge is -2.06. The van der Waals surface area contributed by atoms with Gasteiger partial charge >= 0.3 is 0 Å². The summed E-state index contributed by atoms with van der Waals surface area (Å²) < 4.78 is 0. The molecule has 2 aromatic carbocycles. The standard InChI is InChI=1S/C17H16N4OS/c1-12-18-17(21-20-12)23-11-13-6-5-7-14(10-13)16(22)19-15-8-3-2-4-9-15/h2-10H,11H2,1H3,(H,19,22)(H,18,20,21). The predicted octanol–water partition coefficient (Wildman–Crippen LogP) is 3.66. The van der Waals surface area contributed by atoms with Crippen molar-refractivity contribution in [2.24, 2.45) is 0 Å². The van der Waals surface area contributed by atoms with Gasteiger partial charge in [0, 0.05) is 17.0 Å². The molecule has 0 saturated carbocycles. The van der Waals surface area contributed by atoms with Crippen LogP contribution in [0.2, 0.25) is 0 Å². The summed E-state index contributed by atoms with van der Waals surface area (Å²) in [5, 5.41) is 10.5. The lowest BCUT2D eigenvalue weighted by Crippen LogP contribution is -2.11. The van der Waals surface area contributed by atoms with Crippen molar-refractivity contribution in [3.05, 3.63) is 71.5 Å². The number of H-pyrrole nitrogens is 1. The average molecular weight is 324 g/mol. The fourth-order valence-corrected chi connectivity index (χ4v) is 2.85. The van der Waals surface area contributed by atoms with E-state index < -0.39 is 0 Å². The lowest BCUT2D eigenvalue weighted by atomic mass is 10.1. The number of nitrogens with one attached hydrogen (secondary N) is 2. The molecule has 0 atom stereocenters. The minimum Gasteiger partial charge on any atom is -0.322 e. The molecule has 1 amide bonds. The molecule has 2 N–H and O–H groups in total. The maximum Gasteiger partial charge on any atom is 0.255 e. The first-order chi connectivity index (χ1) is 11.2. The Morgan fingerprint density at radius 1 is 1.17 bits per heavy atom. The Labute approximate surface area is 138 Å². The Morgan fingerprint density at radius 3 is 2.74 bits per heavy atom. The number of aryl methyl sites for hydroxylation is 1. The number of amides is 1. The van der Waals surface area contributed by atoms with Crippen LogP contribution in [-0.2, 0) is 5.75 Å². The number of benzene rings is 2. The Balaban J connectivity index is 1.65. The van der Waals surface area contributed by atoms with E-state index in [0.717, 1.165) is 17.1 Å². The third kappa shape index (κ3) is 4.20. The van der Waals surface area contributed by atoms with Crippen LogP contribution < -0.4 is 5.32 Å². The van der Waals surface area contributed by atoms with Crippen molar-refractivity contribution in [3.63, 3.8) is 0 Å². The molecular formula is C17H16N4OS. The number of aromatic nitrogens is 3. The zero-order valence-electron chi connectivity index (χ0n) is 12.6. The van der Waals surface area contributed by atoms with Crippen molar-refractivity contribution in [1.82, 2.24) is 15.2 Å². The van der Waals surface area contributed by atoms with Crippen LogP contribution in [0.3, 0.4) is 0 Å². The molecule has 0 aliphatic heterocycles. The number of hydrogen-bond donors (Lipinski definition) is 2. The van der Waals surface area contributed by atoms with Crippen molar-refractivity contribution in [1.29, 1.82) is 0 Å². The summed E-state index contributed by atoms with van der Waals surface area (Å²) in [6, 6.07) is 17.0. The number of aromatic amines is 1. The summed E-state index contributed by atoms with van der Waals surface area (Å²) in [4.78, 5) is 16.6. The van der Waals surface area contributed by atoms with Crippen molar-refractivity contribution in [2.75, 3.05) is 5.32 Å². The molecule has 0 saturated heterocycles. The minimum absolute atomic E-state index is 0.114. The zero-order valence-corrected chi connectivity index (χ0v) is 13.4. The number of nitrogens with zero attached hydrogens (tertiary/aromatic N) is 2. The van der Waals surface area contributed by atoms with E-state index in [2.05, 4.69) is 20.5 Å². The Morgan fingerprint density at radius 2 is 2.00 bits per heavy atom. The first-order valence-corrected chi connectivity index (χ1v) is 8.16. The molecule has 23 heavy (non-hydrogen) atoms. The van der Waals surface area contributed by atoms with Gasteiger partial charge in [-0.3, -0.25) is 9.89 Å². The van der Waals surface area contributed by atoms with Crippen LogP contribution in [0, 0.1) is 6.92 Å². The highest BCUT2D eigenvalue weighted by atomic mass is 32.2. The van der Waals surface area contributed by atoms with Crippen LogP contribution in [0.5, 0.6) is 0 Å². The molecule has 0 fully saturated rings. The summed E-state index contributed by atoms with van der Waals surface area (Å²) >= 11 is 1.53. The van der Waals surface area contributed by atoms with Crippen LogP contribution in [0.4, 0.5) is 5.69 Å². The molecule has 0 aliphatic carbocycles. The maximum atomic E-state index is 12.3. The number of rotatable bonds is 5. The summed E-state index contributed by atoms with van der Waals surface area (Å²) in [7, 11) is 0. The minimum atomic E-state index is -0.114. The number of anilines is 1. The predicted molar refractivity (Wildman–Crippen MR) is 91.5 cm³/mol. The van der Waals surface area contributed by atoms with Gasteiger partial charge in [-0.15, -0.1) is 5.10 Å². The van der Waals surface area contributed by atoms with Gasteiger partial charge in [0.1, 0.15) is 5.82 Å². The number of carbonyl (C=O) groups is 1. The van der Waals surface area contributed by atoms with Crippen LogP contribution in [0.25, 0.3) is 0 Å². The number of hydrogen-bond acceptors (Lipinski definition) is 4. The van der Waals surface area contributed by atoms with Crippen LogP contribution in [0.1, 0.15) is 21.7 Å². The molecule has 0 unspecified atom stereocenters. The second-order valence-corrected chi connectivity index (χ2v) is 5.96. The Hall–Kier alpha value is -2.60. The number of para-hydroxylation sites is 1. The van der Waals surface area contributed by atoms with E-state index in [0.29, 0.717) is 16.5 Å². The van der Waals surface area contributed by atoms with Gasteiger partial charge in [-0.25, -0.2) is 4.98 Å². The van der Waals surface area contributed by atoms with Gasteiger partial charge in [-0.2, -0.15) is 0 Å². The van der Waals surface area contributed by atoms with Gasteiger partial charge in [0.25, 0.3) is 5.91 Å². The van der Waals surface area contributed by atoms with Crippen LogP contribution >= 0.6 is 11.8 Å². The SMILES string of the molecule is Cc1nc(SCc2cccc(C(=O)Nc3ccccc3)c2)n[nH]1. The molecule has 0 radical (unpaired) electrons. The summed E-state index contributed by atoms with van der Waals surface area (Å²) in [5.41, 5.74) is 2.48. The topological polar surface area (TPSA) is 70.7 Å². The lowest BCUT2D eigenvalue weighted by molar-refractivity contribution is 0.102. The van der Waals surface area contributed by atoms with E-state index in [-0.39, 0.29) is 5.91 Å². The quantitative estimate of drug-likeness (QED) is 0.703. The molecule has 5 nitrogen and oxygen atoms in total. The third-order valence-corrected chi connectivity index (χ3v) is 4.08. The van der Waals surface area contributed by atoms with E-state index in [1.165, 1.54) is 11.8 Å². The molecule has 3 aromatic rings. The molecule has 0 aliphatic rings. The highest BCUT2D eigenvalue weighted by Crippen LogP contribution is 2.20. The van der Waals surface area contributed by atoms with Gasteiger partial charge in [0.05, 0.1) is 0 Å². The molecular weight excluding hydrogens is 308 g/mol. The fraction of sp³-hybridized carbons (Fsp3) is 0.118. The zero-order chi connectivity index (χ0) is 16.1. The van der Waals surface area contributed by atoms with Crippen molar-refractivity contribution in [2.45, 2.75) is 17.8 Å². The molecule has 0 bridgehead atoms. The first kappa shape index (κ1) is 15.3. The largest absolute Gasteiger partial charge is 0.322 e. The van der Waals surface area contributed by atoms with Gasteiger partial charge < -0.3 is 5.32 Å². The summed E-state index contributed by atoms with van der Waals surface area (Å²) in [5.74, 6) is 1.39. The third-order valence-electron chi connectivity index (χ3n) is 3.17. The van der Waals surface area contributed by atoms with E-state index in [1.54, 1.807) is 0 Å². The Bertz CT molecular complexity index is 801. The van der Waals surface area contributed by atoms with Crippen molar-refractivity contribution in [3.8, 4) is 0 Å². The fourth-order valence-electron chi connectivity index (χ4n) is 2.06. The monoisotopic (exact) mass is 324 g/mol. The highest BCUT2D eigenvalue weighted by Gasteiger charge is 2.08. The highest BCUT2D eigenvalue weighted by molar-refractivity contribution is 7.98. The van der Waals surface area contributed by atoms with E-state index in [9.17, 15) is 4.79 Å². The van der Waals surface area contributed by atoms with Crippen LogP contribution in [0.15, 0.2) is 59.8 Å². The van der Waals surface area contributed by atoms with Crippen LogP contribution in [-0.4, -0.2) is 21.1 Å².